The second-order valence-electron chi connectivity index (χ2n) is 4.31. The maximum absolute atomic E-state index is 5.64. The van der Waals surface area contributed by atoms with Crippen molar-refractivity contribution in [3.8, 4) is 5.75 Å². The first-order chi connectivity index (χ1) is 9.36. The predicted molar refractivity (Wildman–Crippen MR) is 71.6 cm³/mol. The molecule has 0 spiro atoms. The first kappa shape index (κ1) is 12.3. The number of aromatic nitrogens is 2. The number of ether oxygens (including phenoxy) is 1. The lowest BCUT2D eigenvalue weighted by atomic mass is 10.0. The van der Waals surface area contributed by atoms with Gasteiger partial charge < -0.3 is 14.5 Å². The summed E-state index contributed by atoms with van der Waals surface area (Å²) in [4.78, 5) is 0. The van der Waals surface area contributed by atoms with Crippen LogP contribution in [0.25, 0.3) is 0 Å². The highest BCUT2D eigenvalue weighted by Crippen LogP contribution is 2.33. The summed E-state index contributed by atoms with van der Waals surface area (Å²) in [5.41, 5.74) is 1.12. The third-order valence-electron chi connectivity index (χ3n) is 3.03. The molecule has 0 amide bonds. The molecule has 1 aromatic heterocycles. The van der Waals surface area contributed by atoms with Crippen LogP contribution in [0.5, 0.6) is 5.75 Å². The van der Waals surface area contributed by atoms with Crippen molar-refractivity contribution >= 4 is 17.6 Å². The van der Waals surface area contributed by atoms with Crippen molar-refractivity contribution in [3.63, 3.8) is 0 Å². The molecule has 1 aliphatic heterocycles. The maximum Gasteiger partial charge on any atom is 0.315 e. The maximum atomic E-state index is 5.64. The lowest BCUT2D eigenvalue weighted by Crippen LogP contribution is -2.20. The summed E-state index contributed by atoms with van der Waals surface area (Å²) in [6, 6.07) is 8.54. The van der Waals surface area contributed by atoms with Gasteiger partial charge in [-0.3, -0.25) is 0 Å². The fourth-order valence-corrected chi connectivity index (χ4v) is 2.30. The van der Waals surface area contributed by atoms with E-state index in [-0.39, 0.29) is 6.04 Å². The van der Waals surface area contributed by atoms with Gasteiger partial charge >= 0.3 is 6.01 Å². The summed E-state index contributed by atoms with van der Waals surface area (Å²) in [6.07, 6.45) is 1.45. The smallest absolute Gasteiger partial charge is 0.315 e. The van der Waals surface area contributed by atoms with Gasteiger partial charge in [0.2, 0.25) is 5.89 Å². The minimum atomic E-state index is 0.134. The van der Waals surface area contributed by atoms with Crippen LogP contribution in [0.4, 0.5) is 6.01 Å². The average Bonchev–Trinajstić information content (AvgIpc) is 2.87. The van der Waals surface area contributed by atoms with E-state index in [2.05, 4.69) is 15.5 Å². The highest BCUT2D eigenvalue weighted by molar-refractivity contribution is 6.17. The molecule has 1 unspecified atom stereocenters. The fraction of sp³-hybridized carbons (Fsp3) is 0.385. The van der Waals surface area contributed by atoms with E-state index in [9.17, 15) is 0 Å². The lowest BCUT2D eigenvalue weighted by Gasteiger charge is -2.25. The molecule has 100 valence electrons. The Morgan fingerprint density at radius 3 is 3.11 bits per heavy atom. The molecule has 2 heterocycles. The average molecular weight is 280 g/mol. The van der Waals surface area contributed by atoms with Crippen LogP contribution in [0, 0.1) is 0 Å². The molecule has 0 aliphatic carbocycles. The number of hydrogen-bond donors (Lipinski definition) is 1. The van der Waals surface area contributed by atoms with Gasteiger partial charge in [0, 0.05) is 24.3 Å². The van der Waals surface area contributed by atoms with E-state index in [1.165, 1.54) is 0 Å². The molecule has 3 rings (SSSR count). The third kappa shape index (κ3) is 2.66. The van der Waals surface area contributed by atoms with Crippen molar-refractivity contribution in [1.29, 1.82) is 0 Å². The van der Waals surface area contributed by atoms with Crippen molar-refractivity contribution < 1.29 is 9.15 Å². The molecule has 1 aromatic carbocycles. The number of fused-ring (bicyclic) bond motifs is 1. The molecule has 0 bridgehead atoms. The number of hydrogen-bond acceptors (Lipinski definition) is 5. The Bertz CT molecular complexity index is 558. The largest absolute Gasteiger partial charge is 0.493 e. The van der Waals surface area contributed by atoms with Crippen LogP contribution in [-0.4, -0.2) is 22.7 Å². The number of aryl methyl sites for hydroxylation is 1. The number of benzene rings is 1. The Morgan fingerprint density at radius 2 is 2.21 bits per heavy atom. The molecule has 19 heavy (non-hydrogen) atoms. The van der Waals surface area contributed by atoms with E-state index < -0.39 is 0 Å². The highest BCUT2D eigenvalue weighted by Gasteiger charge is 2.22. The first-order valence-corrected chi connectivity index (χ1v) is 6.77. The second-order valence-corrected chi connectivity index (χ2v) is 4.69. The summed E-state index contributed by atoms with van der Waals surface area (Å²) < 4.78 is 11.1. The molecule has 2 aromatic rings. The molecule has 0 fully saturated rings. The zero-order chi connectivity index (χ0) is 13.1. The number of alkyl halides is 1. The van der Waals surface area contributed by atoms with Crippen LogP contribution < -0.4 is 10.1 Å². The molecule has 1 atom stereocenters. The fourth-order valence-electron chi connectivity index (χ4n) is 2.13. The monoisotopic (exact) mass is 279 g/mol. The minimum absolute atomic E-state index is 0.134. The van der Waals surface area contributed by atoms with Gasteiger partial charge in [-0.1, -0.05) is 23.3 Å². The van der Waals surface area contributed by atoms with Gasteiger partial charge in [0.05, 0.1) is 12.6 Å². The third-order valence-corrected chi connectivity index (χ3v) is 3.22. The molecular formula is C13H14ClN3O2. The van der Waals surface area contributed by atoms with Gasteiger partial charge in [-0.25, -0.2) is 0 Å². The van der Waals surface area contributed by atoms with Crippen molar-refractivity contribution in [2.24, 2.45) is 0 Å². The van der Waals surface area contributed by atoms with Gasteiger partial charge in [-0.05, 0) is 6.07 Å². The Morgan fingerprint density at radius 1 is 1.32 bits per heavy atom. The standard InChI is InChI=1S/C13H14ClN3O2/c14-7-5-12-16-17-13(19-12)15-10-6-8-18-11-4-2-1-3-9(10)11/h1-4,10H,5-8H2,(H,15,17). The predicted octanol–water partition coefficient (Wildman–Crippen LogP) is 2.79. The van der Waals surface area contributed by atoms with Crippen LogP contribution in [0.3, 0.4) is 0 Å². The summed E-state index contributed by atoms with van der Waals surface area (Å²) in [7, 11) is 0. The summed E-state index contributed by atoms with van der Waals surface area (Å²) in [5, 5.41) is 11.2. The zero-order valence-corrected chi connectivity index (χ0v) is 11.1. The Kier molecular flexibility index (Phi) is 3.55. The Balaban J connectivity index is 1.76. The quantitative estimate of drug-likeness (QED) is 0.872. The molecule has 0 radical (unpaired) electrons. The molecular weight excluding hydrogens is 266 g/mol. The number of rotatable bonds is 4. The van der Waals surface area contributed by atoms with Crippen molar-refractivity contribution in [1.82, 2.24) is 10.2 Å². The van der Waals surface area contributed by atoms with Gasteiger partial charge in [0.1, 0.15) is 5.75 Å². The van der Waals surface area contributed by atoms with Gasteiger partial charge in [0.15, 0.2) is 0 Å². The van der Waals surface area contributed by atoms with Crippen molar-refractivity contribution in [3.05, 3.63) is 35.7 Å². The van der Waals surface area contributed by atoms with Gasteiger partial charge in [-0.15, -0.1) is 16.7 Å². The minimum Gasteiger partial charge on any atom is -0.493 e. The van der Waals surface area contributed by atoms with Crippen molar-refractivity contribution in [2.75, 3.05) is 17.8 Å². The number of halogens is 1. The van der Waals surface area contributed by atoms with E-state index in [1.807, 2.05) is 24.3 Å². The van der Waals surface area contributed by atoms with Crippen LogP contribution in [-0.2, 0) is 6.42 Å². The normalized spacial score (nSPS) is 17.6. The summed E-state index contributed by atoms with van der Waals surface area (Å²) >= 11 is 5.64. The number of anilines is 1. The molecule has 1 N–H and O–H groups in total. The molecule has 0 saturated carbocycles. The van der Waals surface area contributed by atoms with Crippen LogP contribution in [0.15, 0.2) is 28.7 Å². The van der Waals surface area contributed by atoms with Crippen LogP contribution in [0.2, 0.25) is 0 Å². The molecule has 6 heteroatoms. The van der Waals surface area contributed by atoms with E-state index in [0.29, 0.717) is 30.8 Å². The summed E-state index contributed by atoms with van der Waals surface area (Å²) in [5.74, 6) is 1.94. The number of nitrogens with one attached hydrogen (secondary N) is 1. The van der Waals surface area contributed by atoms with E-state index in [1.54, 1.807) is 0 Å². The number of para-hydroxylation sites is 1. The first-order valence-electron chi connectivity index (χ1n) is 6.23. The lowest BCUT2D eigenvalue weighted by molar-refractivity contribution is 0.273. The molecule has 1 aliphatic rings. The van der Waals surface area contributed by atoms with Gasteiger partial charge in [-0.2, -0.15) is 0 Å². The van der Waals surface area contributed by atoms with Crippen molar-refractivity contribution in [2.45, 2.75) is 18.9 Å². The zero-order valence-electron chi connectivity index (χ0n) is 10.3. The van der Waals surface area contributed by atoms with E-state index in [4.69, 9.17) is 20.8 Å². The Hall–Kier alpha value is -1.75. The molecule has 5 nitrogen and oxygen atoms in total. The topological polar surface area (TPSA) is 60.2 Å². The van der Waals surface area contributed by atoms with Gasteiger partial charge in [0.25, 0.3) is 0 Å². The van der Waals surface area contributed by atoms with E-state index in [0.717, 1.165) is 17.7 Å². The van der Waals surface area contributed by atoms with Crippen LogP contribution in [0.1, 0.15) is 23.9 Å². The summed E-state index contributed by atoms with van der Waals surface area (Å²) in [6.45, 7) is 0.678. The SMILES string of the molecule is ClCCc1nnc(NC2CCOc3ccccc32)o1. The molecule has 0 saturated heterocycles. The van der Waals surface area contributed by atoms with E-state index >= 15 is 0 Å². The number of nitrogens with zero attached hydrogens (tertiary/aromatic N) is 2. The highest BCUT2D eigenvalue weighted by atomic mass is 35.5. The Labute approximate surface area is 115 Å². The second kappa shape index (κ2) is 5.48. The van der Waals surface area contributed by atoms with Crippen LogP contribution >= 0.6 is 11.6 Å².